The van der Waals surface area contributed by atoms with Crippen molar-refractivity contribution in [2.45, 2.75) is 101 Å². The molecular weight excluding hydrogens is 595 g/mol. The van der Waals surface area contributed by atoms with Crippen LogP contribution in [0.25, 0.3) is 0 Å². The number of hydrogen-bond donors (Lipinski definition) is 4. The smallest absolute Gasteiger partial charge is 0.332 e. The van der Waals surface area contributed by atoms with Gasteiger partial charge < -0.3 is 39.4 Å². The summed E-state index contributed by atoms with van der Waals surface area (Å²) in [5.74, 6) is -3.30. The Morgan fingerprint density at radius 2 is 0.605 bits per heavy atom. The SMILES string of the molecule is O=C(O)C1CCCCO1.O=C(O)C1CCCCO1.O=C(O)C1CCCCO1.O=C(O)C1CCCCO1.[Fe].[Ni]. The van der Waals surface area contributed by atoms with E-state index >= 15 is 0 Å². The van der Waals surface area contributed by atoms with Crippen molar-refractivity contribution in [3.8, 4) is 0 Å². The first-order valence-electron chi connectivity index (χ1n) is 12.6. The van der Waals surface area contributed by atoms with E-state index in [0.29, 0.717) is 52.1 Å². The Labute approximate surface area is 243 Å². The van der Waals surface area contributed by atoms with Gasteiger partial charge in [0.05, 0.1) is 0 Å². The van der Waals surface area contributed by atoms with Gasteiger partial charge in [-0.2, -0.15) is 0 Å². The van der Waals surface area contributed by atoms with E-state index in [1.54, 1.807) is 0 Å². The molecule has 0 amide bonds. The van der Waals surface area contributed by atoms with Gasteiger partial charge in [0.15, 0.2) is 24.4 Å². The van der Waals surface area contributed by atoms with Gasteiger partial charge in [0.2, 0.25) is 0 Å². The van der Waals surface area contributed by atoms with Gasteiger partial charge in [-0.1, -0.05) is 0 Å². The molecule has 226 valence electrons. The van der Waals surface area contributed by atoms with Crippen LogP contribution < -0.4 is 0 Å². The summed E-state index contributed by atoms with van der Waals surface area (Å²) in [6.45, 7) is 2.43. The Morgan fingerprint density at radius 3 is 0.684 bits per heavy atom. The van der Waals surface area contributed by atoms with Crippen LogP contribution in [0.4, 0.5) is 0 Å². The second-order valence-corrected chi connectivity index (χ2v) is 8.77. The topological polar surface area (TPSA) is 186 Å². The normalized spacial score (nSPS) is 26.3. The maximum atomic E-state index is 10.2. The largest absolute Gasteiger partial charge is 0.479 e. The summed E-state index contributed by atoms with van der Waals surface area (Å²) in [7, 11) is 0. The van der Waals surface area contributed by atoms with E-state index in [1.807, 2.05) is 0 Å². The average Bonchev–Trinajstić information content (AvgIpc) is 2.92. The van der Waals surface area contributed by atoms with E-state index < -0.39 is 48.3 Å². The van der Waals surface area contributed by atoms with E-state index in [-0.39, 0.29) is 33.6 Å². The van der Waals surface area contributed by atoms with Gasteiger partial charge in [0, 0.05) is 60.0 Å². The maximum absolute atomic E-state index is 10.2. The van der Waals surface area contributed by atoms with Gasteiger partial charge in [0.1, 0.15) is 0 Å². The van der Waals surface area contributed by atoms with Crippen LogP contribution in [0.2, 0.25) is 0 Å². The Balaban J connectivity index is 0. The summed E-state index contributed by atoms with van der Waals surface area (Å²) in [6, 6.07) is 0. The molecule has 4 fully saturated rings. The molecule has 4 aliphatic rings. The van der Waals surface area contributed by atoms with Crippen molar-refractivity contribution in [1.29, 1.82) is 0 Å². The Hall–Kier alpha value is -1.27. The number of hydrogen-bond acceptors (Lipinski definition) is 8. The molecule has 14 heteroatoms. The average molecular weight is 635 g/mol. The third-order valence-corrected chi connectivity index (χ3v) is 5.82. The third-order valence-electron chi connectivity index (χ3n) is 5.82. The quantitative estimate of drug-likeness (QED) is 0.332. The van der Waals surface area contributed by atoms with Crippen molar-refractivity contribution >= 4 is 23.9 Å². The molecule has 0 bridgehead atoms. The second-order valence-electron chi connectivity index (χ2n) is 8.77. The Bertz CT molecular complexity index is 545. The van der Waals surface area contributed by atoms with Crippen LogP contribution >= 0.6 is 0 Å². The van der Waals surface area contributed by atoms with Crippen LogP contribution in [0.15, 0.2) is 0 Å². The van der Waals surface area contributed by atoms with Crippen LogP contribution in [0.3, 0.4) is 0 Å². The fraction of sp³-hybridized carbons (Fsp3) is 0.833. The zero-order valence-electron chi connectivity index (χ0n) is 21.3. The van der Waals surface area contributed by atoms with Crippen LogP contribution in [0.1, 0.15) is 77.0 Å². The van der Waals surface area contributed by atoms with E-state index in [1.165, 1.54) is 0 Å². The van der Waals surface area contributed by atoms with Crippen molar-refractivity contribution in [3.63, 3.8) is 0 Å². The summed E-state index contributed by atoms with van der Waals surface area (Å²) in [5, 5.41) is 33.7. The zero-order valence-corrected chi connectivity index (χ0v) is 23.4. The van der Waals surface area contributed by atoms with E-state index in [9.17, 15) is 19.2 Å². The summed E-state index contributed by atoms with van der Waals surface area (Å²) >= 11 is 0. The summed E-state index contributed by atoms with van der Waals surface area (Å²) in [4.78, 5) is 40.9. The molecule has 4 rings (SSSR count). The molecule has 4 aliphatic heterocycles. The predicted molar refractivity (Wildman–Crippen MR) is 125 cm³/mol. The molecule has 0 aromatic carbocycles. The second kappa shape index (κ2) is 23.6. The number of ether oxygens (including phenoxy) is 4. The first kappa shape index (κ1) is 38.9. The van der Waals surface area contributed by atoms with E-state index in [4.69, 9.17) is 39.4 Å². The molecule has 4 heterocycles. The fourth-order valence-corrected chi connectivity index (χ4v) is 3.74. The standard InChI is InChI=1S/4C6H10O3.Fe.Ni/c4*7-6(8)5-3-1-2-4-9-5;;/h4*5H,1-4H2,(H,7,8);;. The molecule has 12 nitrogen and oxygen atoms in total. The predicted octanol–water partition coefficient (Wildman–Crippen LogP) is 2.56. The van der Waals surface area contributed by atoms with Crippen LogP contribution in [-0.2, 0) is 71.7 Å². The molecule has 0 spiro atoms. The minimum atomic E-state index is -0.824. The van der Waals surface area contributed by atoms with Gasteiger partial charge in [-0.25, -0.2) is 19.2 Å². The van der Waals surface area contributed by atoms with Gasteiger partial charge in [-0.05, 0) is 77.0 Å². The van der Waals surface area contributed by atoms with Crippen LogP contribution in [0.5, 0.6) is 0 Å². The molecule has 0 aromatic rings. The third kappa shape index (κ3) is 18.1. The molecule has 0 saturated carbocycles. The molecule has 4 saturated heterocycles. The number of rotatable bonds is 4. The summed E-state index contributed by atoms with van der Waals surface area (Å²) in [6.07, 6.45) is 8.54. The number of carboxylic acids is 4. The summed E-state index contributed by atoms with van der Waals surface area (Å²) < 4.78 is 19.8. The monoisotopic (exact) mass is 634 g/mol. The van der Waals surface area contributed by atoms with Crippen molar-refractivity contribution in [3.05, 3.63) is 0 Å². The molecular formula is C24H40FeNiO12. The van der Waals surface area contributed by atoms with Gasteiger partial charge >= 0.3 is 23.9 Å². The van der Waals surface area contributed by atoms with Gasteiger partial charge in [-0.15, -0.1) is 0 Å². The first-order valence-corrected chi connectivity index (χ1v) is 12.6. The Kier molecular flexibility index (Phi) is 24.2. The molecule has 4 N–H and O–H groups in total. The van der Waals surface area contributed by atoms with Crippen molar-refractivity contribution in [2.24, 2.45) is 0 Å². The minimum Gasteiger partial charge on any atom is -0.479 e. The molecule has 0 aromatic heterocycles. The number of aliphatic carboxylic acids is 4. The molecule has 0 radical (unpaired) electrons. The first-order chi connectivity index (χ1) is 17.2. The van der Waals surface area contributed by atoms with Crippen LogP contribution in [0, 0.1) is 0 Å². The van der Waals surface area contributed by atoms with E-state index in [0.717, 1.165) is 51.4 Å². The van der Waals surface area contributed by atoms with Crippen molar-refractivity contribution < 1.29 is 92.1 Å². The van der Waals surface area contributed by atoms with Crippen molar-refractivity contribution in [2.75, 3.05) is 26.4 Å². The molecule has 38 heavy (non-hydrogen) atoms. The van der Waals surface area contributed by atoms with Crippen molar-refractivity contribution in [1.82, 2.24) is 0 Å². The van der Waals surface area contributed by atoms with E-state index in [2.05, 4.69) is 0 Å². The Morgan fingerprint density at radius 1 is 0.421 bits per heavy atom. The number of carbonyl (C=O) groups is 4. The number of carboxylic acid groups (broad SMARTS) is 4. The summed E-state index contributed by atoms with van der Waals surface area (Å²) in [5.41, 5.74) is 0. The fourth-order valence-electron chi connectivity index (χ4n) is 3.74. The maximum Gasteiger partial charge on any atom is 0.332 e. The molecule has 0 aliphatic carbocycles. The minimum absolute atomic E-state index is 0. The molecule has 4 unspecified atom stereocenters. The molecule has 4 atom stereocenters. The van der Waals surface area contributed by atoms with Gasteiger partial charge in [0.25, 0.3) is 0 Å². The van der Waals surface area contributed by atoms with Gasteiger partial charge in [-0.3, -0.25) is 0 Å². The van der Waals surface area contributed by atoms with Crippen LogP contribution in [-0.4, -0.2) is 95.1 Å². The zero-order chi connectivity index (χ0) is 26.8.